The number of hydrogen-bond donors (Lipinski definition) is 1. The number of halogens is 1. The fraction of sp³-hybridized carbons (Fsp3) is 0.733. The summed E-state index contributed by atoms with van der Waals surface area (Å²) in [5.74, 6) is 0.543. The van der Waals surface area contributed by atoms with Crippen LogP contribution in [0.3, 0.4) is 0 Å². The Hall–Kier alpha value is -0.0900. The Kier molecular flexibility index (Phi) is 4.18. The van der Waals surface area contributed by atoms with Gasteiger partial charge in [-0.15, -0.1) is 11.3 Å². The lowest BCUT2D eigenvalue weighted by molar-refractivity contribution is -0.120. The largest absolute Gasteiger partial charge is 0.375 e. The molecule has 0 bridgehead atoms. The first-order valence-electron chi connectivity index (χ1n) is 7.33. The van der Waals surface area contributed by atoms with E-state index in [2.05, 4.69) is 6.07 Å². The second kappa shape index (κ2) is 5.72. The van der Waals surface area contributed by atoms with Crippen LogP contribution in [0.1, 0.15) is 55.9 Å². The standard InChI is InChI=1S/C15H22ClNOS/c16-13-5-4-12(19-13)14(17)11-6-9-18-15(10-11)7-2-1-3-8-15/h4-5,11,14H,1-3,6-10,17H2. The summed E-state index contributed by atoms with van der Waals surface area (Å²) in [6, 6.07) is 4.16. The number of rotatable bonds is 2. The number of hydrogen-bond acceptors (Lipinski definition) is 3. The first-order chi connectivity index (χ1) is 9.19. The Morgan fingerprint density at radius 3 is 2.79 bits per heavy atom. The van der Waals surface area contributed by atoms with Crippen molar-refractivity contribution in [3.63, 3.8) is 0 Å². The molecule has 1 aliphatic heterocycles. The van der Waals surface area contributed by atoms with Gasteiger partial charge in [0.15, 0.2) is 0 Å². The van der Waals surface area contributed by atoms with Gasteiger partial charge in [0.1, 0.15) is 0 Å². The molecule has 2 fully saturated rings. The average Bonchev–Trinajstić information content (AvgIpc) is 2.85. The van der Waals surface area contributed by atoms with Crippen LogP contribution in [0.2, 0.25) is 4.34 Å². The van der Waals surface area contributed by atoms with E-state index >= 15 is 0 Å². The summed E-state index contributed by atoms with van der Waals surface area (Å²) in [5, 5.41) is 0. The number of thiophene rings is 1. The molecule has 2 heterocycles. The van der Waals surface area contributed by atoms with Crippen molar-refractivity contribution >= 4 is 22.9 Å². The van der Waals surface area contributed by atoms with E-state index in [0.29, 0.717) is 5.92 Å². The lowest BCUT2D eigenvalue weighted by Gasteiger charge is -2.44. The van der Waals surface area contributed by atoms with Crippen molar-refractivity contribution in [1.82, 2.24) is 0 Å². The van der Waals surface area contributed by atoms with Crippen LogP contribution in [0, 0.1) is 5.92 Å². The zero-order valence-electron chi connectivity index (χ0n) is 11.2. The summed E-state index contributed by atoms with van der Waals surface area (Å²) in [6.07, 6.45) is 8.65. The smallest absolute Gasteiger partial charge is 0.0931 e. The van der Waals surface area contributed by atoms with Crippen molar-refractivity contribution in [1.29, 1.82) is 0 Å². The zero-order valence-corrected chi connectivity index (χ0v) is 12.8. The lowest BCUT2D eigenvalue weighted by Crippen LogP contribution is -2.43. The highest BCUT2D eigenvalue weighted by Crippen LogP contribution is 2.44. The maximum Gasteiger partial charge on any atom is 0.0931 e. The van der Waals surface area contributed by atoms with Gasteiger partial charge in [-0.2, -0.15) is 0 Å². The Balaban J connectivity index is 1.70. The maximum absolute atomic E-state index is 6.47. The average molecular weight is 300 g/mol. The van der Waals surface area contributed by atoms with E-state index in [1.54, 1.807) is 11.3 Å². The second-order valence-corrected chi connectivity index (χ2v) is 7.76. The summed E-state index contributed by atoms with van der Waals surface area (Å²) in [6.45, 7) is 0.872. The van der Waals surface area contributed by atoms with E-state index in [0.717, 1.165) is 23.8 Å². The highest BCUT2D eigenvalue weighted by Gasteiger charge is 2.40. The maximum atomic E-state index is 6.47. The first kappa shape index (κ1) is 13.9. The van der Waals surface area contributed by atoms with E-state index in [1.165, 1.54) is 37.0 Å². The van der Waals surface area contributed by atoms with Gasteiger partial charge in [-0.1, -0.05) is 30.9 Å². The van der Waals surface area contributed by atoms with Gasteiger partial charge in [-0.25, -0.2) is 0 Å². The molecule has 1 spiro atoms. The molecule has 2 N–H and O–H groups in total. The molecule has 0 aromatic carbocycles. The van der Waals surface area contributed by atoms with Crippen LogP contribution < -0.4 is 5.73 Å². The summed E-state index contributed by atoms with van der Waals surface area (Å²) in [4.78, 5) is 1.22. The van der Waals surface area contributed by atoms with Crippen LogP contribution in [0.5, 0.6) is 0 Å². The van der Waals surface area contributed by atoms with Gasteiger partial charge in [-0.05, 0) is 43.7 Å². The molecule has 2 aliphatic rings. The quantitative estimate of drug-likeness (QED) is 0.870. The molecule has 2 atom stereocenters. The molecule has 19 heavy (non-hydrogen) atoms. The van der Waals surface area contributed by atoms with Crippen molar-refractivity contribution in [3.05, 3.63) is 21.3 Å². The topological polar surface area (TPSA) is 35.2 Å². The van der Waals surface area contributed by atoms with Crippen LogP contribution in [0.25, 0.3) is 0 Å². The van der Waals surface area contributed by atoms with Crippen LogP contribution in [-0.4, -0.2) is 12.2 Å². The van der Waals surface area contributed by atoms with Gasteiger partial charge < -0.3 is 10.5 Å². The van der Waals surface area contributed by atoms with E-state index < -0.39 is 0 Å². The summed E-state index contributed by atoms with van der Waals surface area (Å²) in [5.41, 5.74) is 6.61. The Morgan fingerprint density at radius 1 is 1.32 bits per heavy atom. The minimum absolute atomic E-state index is 0.125. The summed E-state index contributed by atoms with van der Waals surface area (Å²) >= 11 is 7.65. The molecule has 1 saturated carbocycles. The molecule has 1 aromatic rings. The Morgan fingerprint density at radius 2 is 2.11 bits per heavy atom. The molecule has 1 saturated heterocycles. The molecule has 4 heteroatoms. The highest BCUT2D eigenvalue weighted by molar-refractivity contribution is 7.16. The third kappa shape index (κ3) is 2.99. The van der Waals surface area contributed by atoms with Gasteiger partial charge in [0.25, 0.3) is 0 Å². The lowest BCUT2D eigenvalue weighted by atomic mass is 9.74. The molecule has 3 rings (SSSR count). The fourth-order valence-corrected chi connectivity index (χ4v) is 4.81. The van der Waals surface area contributed by atoms with Crippen LogP contribution in [0.4, 0.5) is 0 Å². The predicted octanol–water partition coefficient (Wildman–Crippen LogP) is 4.53. The predicted molar refractivity (Wildman–Crippen MR) is 80.7 cm³/mol. The SMILES string of the molecule is NC(c1ccc(Cl)s1)C1CCOC2(CCCCC2)C1. The van der Waals surface area contributed by atoms with Crippen molar-refractivity contribution < 1.29 is 4.74 Å². The molecule has 2 nitrogen and oxygen atoms in total. The highest BCUT2D eigenvalue weighted by atomic mass is 35.5. The summed E-state index contributed by atoms with van der Waals surface area (Å²) < 4.78 is 6.99. The van der Waals surface area contributed by atoms with Crippen molar-refractivity contribution in [2.24, 2.45) is 11.7 Å². The summed E-state index contributed by atoms with van der Waals surface area (Å²) in [7, 11) is 0. The molecule has 0 radical (unpaired) electrons. The van der Waals surface area contributed by atoms with E-state index in [9.17, 15) is 0 Å². The molecule has 106 valence electrons. The van der Waals surface area contributed by atoms with Gasteiger partial charge in [0, 0.05) is 17.5 Å². The van der Waals surface area contributed by atoms with E-state index in [4.69, 9.17) is 22.1 Å². The number of nitrogens with two attached hydrogens (primary N) is 1. The molecule has 1 aromatic heterocycles. The van der Waals surface area contributed by atoms with Gasteiger partial charge in [-0.3, -0.25) is 0 Å². The van der Waals surface area contributed by atoms with Crippen LogP contribution in [0.15, 0.2) is 12.1 Å². The Bertz CT molecular complexity index is 422. The van der Waals surface area contributed by atoms with Gasteiger partial charge >= 0.3 is 0 Å². The molecular formula is C15H22ClNOS. The van der Waals surface area contributed by atoms with Crippen LogP contribution >= 0.6 is 22.9 Å². The molecule has 2 unspecified atom stereocenters. The third-order valence-corrected chi connectivity index (χ3v) is 6.06. The van der Waals surface area contributed by atoms with Crippen molar-refractivity contribution in [3.8, 4) is 0 Å². The second-order valence-electron chi connectivity index (χ2n) is 6.01. The monoisotopic (exact) mass is 299 g/mol. The number of ether oxygens (including phenoxy) is 1. The van der Waals surface area contributed by atoms with Crippen LogP contribution in [-0.2, 0) is 4.74 Å². The molecular weight excluding hydrogens is 278 g/mol. The first-order valence-corrected chi connectivity index (χ1v) is 8.53. The van der Waals surface area contributed by atoms with E-state index in [1.807, 2.05) is 6.07 Å². The molecule has 1 aliphatic carbocycles. The minimum Gasteiger partial charge on any atom is -0.375 e. The van der Waals surface area contributed by atoms with E-state index in [-0.39, 0.29) is 11.6 Å². The molecule has 0 amide bonds. The van der Waals surface area contributed by atoms with Gasteiger partial charge in [0.2, 0.25) is 0 Å². The normalized spacial score (nSPS) is 28.4. The van der Waals surface area contributed by atoms with Crippen molar-refractivity contribution in [2.75, 3.05) is 6.61 Å². The Labute approximate surface area is 124 Å². The van der Waals surface area contributed by atoms with Crippen molar-refractivity contribution in [2.45, 2.75) is 56.6 Å². The fourth-order valence-electron chi connectivity index (χ4n) is 3.66. The third-order valence-electron chi connectivity index (χ3n) is 4.73. The van der Waals surface area contributed by atoms with Gasteiger partial charge in [0.05, 0.1) is 9.94 Å². The zero-order chi connectivity index (χ0) is 13.3. The minimum atomic E-state index is 0.125.